The molecule has 0 atom stereocenters. The van der Waals surface area contributed by atoms with Gasteiger partial charge in [-0.25, -0.2) is 4.79 Å². The standard InChI is InChI=1S/C22H26Cl2N4O4/c1-13-18(23)19(24)20(25-13)21(29)26-15-2-4-27(5-3-15)16-10-14(22(30)31)11-17(12-16)28-6-8-32-9-7-28/h10-12,15,25H,2-9H2,1H3,(H,26,29)(H,30,31). The molecule has 2 saturated heterocycles. The van der Waals surface area contributed by atoms with E-state index >= 15 is 0 Å². The normalized spacial score (nSPS) is 17.5. The van der Waals surface area contributed by atoms with Gasteiger partial charge in [0.05, 0.1) is 28.8 Å². The predicted octanol–water partition coefficient (Wildman–Crippen LogP) is 3.56. The number of benzene rings is 1. The van der Waals surface area contributed by atoms with Crippen LogP contribution in [0.15, 0.2) is 18.2 Å². The number of carboxylic acids is 1. The number of aryl methyl sites for hydroxylation is 1. The Balaban J connectivity index is 1.43. The minimum atomic E-state index is -0.944. The Bertz CT molecular complexity index is 1010. The number of aromatic carboxylic acids is 1. The predicted molar refractivity (Wildman–Crippen MR) is 125 cm³/mol. The lowest BCUT2D eigenvalue weighted by molar-refractivity contribution is 0.0696. The molecule has 4 rings (SSSR count). The van der Waals surface area contributed by atoms with Crippen LogP contribution in [-0.2, 0) is 4.74 Å². The van der Waals surface area contributed by atoms with Crippen molar-refractivity contribution in [3.8, 4) is 0 Å². The van der Waals surface area contributed by atoms with Crippen LogP contribution in [0.25, 0.3) is 0 Å². The molecule has 0 spiro atoms. The first-order valence-electron chi connectivity index (χ1n) is 10.6. The van der Waals surface area contributed by atoms with Crippen molar-refractivity contribution in [2.45, 2.75) is 25.8 Å². The molecule has 172 valence electrons. The molecule has 0 unspecified atom stereocenters. The number of nitrogens with zero attached hydrogens (tertiary/aromatic N) is 2. The zero-order chi connectivity index (χ0) is 22.8. The number of carbonyl (C=O) groups is 2. The number of nitrogens with one attached hydrogen (secondary N) is 2. The smallest absolute Gasteiger partial charge is 0.335 e. The van der Waals surface area contributed by atoms with Crippen molar-refractivity contribution in [2.24, 2.45) is 0 Å². The van der Waals surface area contributed by atoms with Crippen molar-refractivity contribution in [3.63, 3.8) is 0 Å². The van der Waals surface area contributed by atoms with E-state index < -0.39 is 5.97 Å². The number of aromatic nitrogens is 1. The van der Waals surface area contributed by atoms with Gasteiger partial charge in [0, 0.05) is 49.3 Å². The first-order valence-corrected chi connectivity index (χ1v) is 11.4. The third kappa shape index (κ3) is 4.82. The Labute approximate surface area is 196 Å². The third-order valence-electron chi connectivity index (χ3n) is 6.00. The van der Waals surface area contributed by atoms with Crippen LogP contribution in [0, 0.1) is 6.92 Å². The number of ether oxygens (including phenoxy) is 1. The number of H-pyrrole nitrogens is 1. The summed E-state index contributed by atoms with van der Waals surface area (Å²) in [5.41, 5.74) is 2.98. The van der Waals surface area contributed by atoms with Gasteiger partial charge in [-0.1, -0.05) is 23.2 Å². The van der Waals surface area contributed by atoms with E-state index in [0.717, 1.165) is 37.3 Å². The second kappa shape index (κ2) is 9.60. The van der Waals surface area contributed by atoms with E-state index in [1.165, 1.54) is 0 Å². The summed E-state index contributed by atoms with van der Waals surface area (Å²) >= 11 is 12.2. The number of halogens is 2. The van der Waals surface area contributed by atoms with E-state index in [1.54, 1.807) is 19.1 Å². The zero-order valence-corrected chi connectivity index (χ0v) is 19.3. The molecular weight excluding hydrogens is 455 g/mol. The topological polar surface area (TPSA) is 97.9 Å². The maximum absolute atomic E-state index is 12.6. The molecule has 2 fully saturated rings. The molecule has 32 heavy (non-hydrogen) atoms. The van der Waals surface area contributed by atoms with Gasteiger partial charge < -0.3 is 29.9 Å². The number of carboxylic acid groups (broad SMARTS) is 1. The molecule has 2 aromatic rings. The van der Waals surface area contributed by atoms with Crippen molar-refractivity contribution >= 4 is 46.5 Å². The van der Waals surface area contributed by atoms with Crippen molar-refractivity contribution < 1.29 is 19.4 Å². The largest absolute Gasteiger partial charge is 0.478 e. The summed E-state index contributed by atoms with van der Waals surface area (Å²) in [6, 6.07) is 5.48. The van der Waals surface area contributed by atoms with Crippen LogP contribution in [0.1, 0.15) is 39.4 Å². The molecule has 2 aliphatic rings. The molecule has 1 amide bonds. The third-order valence-corrected chi connectivity index (χ3v) is 6.95. The van der Waals surface area contributed by atoms with E-state index in [1.807, 2.05) is 6.07 Å². The van der Waals surface area contributed by atoms with Gasteiger partial charge in [0.15, 0.2) is 0 Å². The number of carbonyl (C=O) groups excluding carboxylic acids is 1. The average molecular weight is 481 g/mol. The zero-order valence-electron chi connectivity index (χ0n) is 17.8. The molecule has 10 heteroatoms. The first kappa shape index (κ1) is 22.8. The Hall–Kier alpha value is -2.42. The Morgan fingerprint density at radius 1 is 1.03 bits per heavy atom. The van der Waals surface area contributed by atoms with Crippen LogP contribution >= 0.6 is 23.2 Å². The lowest BCUT2D eigenvalue weighted by Gasteiger charge is -2.35. The summed E-state index contributed by atoms with van der Waals surface area (Å²) in [5, 5.41) is 13.2. The van der Waals surface area contributed by atoms with Gasteiger partial charge >= 0.3 is 5.97 Å². The molecule has 0 saturated carbocycles. The van der Waals surface area contributed by atoms with Crippen LogP contribution in [-0.4, -0.2) is 67.4 Å². The summed E-state index contributed by atoms with van der Waals surface area (Å²) in [6.07, 6.45) is 1.47. The van der Waals surface area contributed by atoms with Gasteiger partial charge in [0.25, 0.3) is 5.91 Å². The number of rotatable bonds is 5. The Morgan fingerprint density at radius 3 is 2.16 bits per heavy atom. The number of amides is 1. The maximum Gasteiger partial charge on any atom is 0.335 e. The number of aromatic amines is 1. The van der Waals surface area contributed by atoms with Crippen LogP contribution in [0.2, 0.25) is 10.0 Å². The quantitative estimate of drug-likeness (QED) is 0.604. The fourth-order valence-electron chi connectivity index (χ4n) is 4.17. The molecular formula is C22H26Cl2N4O4. The van der Waals surface area contributed by atoms with E-state index in [2.05, 4.69) is 20.1 Å². The average Bonchev–Trinajstić information content (AvgIpc) is 3.07. The van der Waals surface area contributed by atoms with E-state index in [4.69, 9.17) is 27.9 Å². The lowest BCUT2D eigenvalue weighted by Crippen LogP contribution is -2.45. The van der Waals surface area contributed by atoms with Gasteiger partial charge in [0.1, 0.15) is 5.69 Å². The second-order valence-electron chi connectivity index (χ2n) is 8.13. The molecule has 0 aliphatic carbocycles. The van der Waals surface area contributed by atoms with Gasteiger partial charge in [-0.3, -0.25) is 4.79 Å². The molecule has 0 radical (unpaired) electrons. The number of anilines is 2. The van der Waals surface area contributed by atoms with E-state index in [-0.39, 0.29) is 28.2 Å². The van der Waals surface area contributed by atoms with Crippen LogP contribution in [0.4, 0.5) is 11.4 Å². The van der Waals surface area contributed by atoms with Crippen LogP contribution in [0.3, 0.4) is 0 Å². The van der Waals surface area contributed by atoms with E-state index in [9.17, 15) is 14.7 Å². The molecule has 1 aromatic carbocycles. The first-order chi connectivity index (χ1) is 15.3. The highest BCUT2D eigenvalue weighted by atomic mass is 35.5. The van der Waals surface area contributed by atoms with Crippen LogP contribution < -0.4 is 15.1 Å². The number of morpholine rings is 1. The summed E-state index contributed by atoms with van der Waals surface area (Å²) in [7, 11) is 0. The van der Waals surface area contributed by atoms with Crippen LogP contribution in [0.5, 0.6) is 0 Å². The summed E-state index contributed by atoms with van der Waals surface area (Å²) < 4.78 is 5.42. The van der Waals surface area contributed by atoms with Crippen molar-refractivity contribution in [1.82, 2.24) is 10.3 Å². The highest BCUT2D eigenvalue weighted by molar-refractivity contribution is 6.44. The highest BCUT2D eigenvalue weighted by Gasteiger charge is 2.25. The SMILES string of the molecule is Cc1[nH]c(C(=O)NC2CCN(c3cc(C(=O)O)cc(N4CCOCC4)c3)CC2)c(Cl)c1Cl. The van der Waals surface area contributed by atoms with Gasteiger partial charge in [0.2, 0.25) is 0 Å². The van der Waals surface area contributed by atoms with Gasteiger partial charge in [-0.05, 0) is 38.0 Å². The maximum atomic E-state index is 12.6. The molecule has 0 bridgehead atoms. The Kier molecular flexibility index (Phi) is 6.83. The number of piperidine rings is 1. The highest BCUT2D eigenvalue weighted by Crippen LogP contribution is 2.30. The fourth-order valence-corrected chi connectivity index (χ4v) is 4.59. The Morgan fingerprint density at radius 2 is 1.62 bits per heavy atom. The molecule has 3 N–H and O–H groups in total. The minimum Gasteiger partial charge on any atom is -0.478 e. The van der Waals surface area contributed by atoms with E-state index in [0.29, 0.717) is 37.0 Å². The molecule has 1 aromatic heterocycles. The summed E-state index contributed by atoms with van der Waals surface area (Å²) in [6.45, 7) is 5.91. The van der Waals surface area contributed by atoms with Gasteiger partial charge in [-0.2, -0.15) is 0 Å². The van der Waals surface area contributed by atoms with Crippen molar-refractivity contribution in [2.75, 3.05) is 49.2 Å². The molecule has 3 heterocycles. The van der Waals surface area contributed by atoms with Crippen molar-refractivity contribution in [3.05, 3.63) is 45.2 Å². The van der Waals surface area contributed by atoms with Gasteiger partial charge in [-0.15, -0.1) is 0 Å². The fraction of sp³-hybridized carbons (Fsp3) is 0.455. The minimum absolute atomic E-state index is 0.00133. The molecule has 2 aliphatic heterocycles. The second-order valence-corrected chi connectivity index (χ2v) is 8.89. The lowest BCUT2D eigenvalue weighted by atomic mass is 10.0. The summed E-state index contributed by atoms with van der Waals surface area (Å²) in [4.78, 5) is 31.6. The monoisotopic (exact) mass is 480 g/mol. The summed E-state index contributed by atoms with van der Waals surface area (Å²) in [5.74, 6) is -1.22. The number of hydrogen-bond donors (Lipinski definition) is 3. The molecule has 8 nitrogen and oxygen atoms in total. The van der Waals surface area contributed by atoms with Crippen molar-refractivity contribution in [1.29, 1.82) is 0 Å². The number of hydrogen-bond acceptors (Lipinski definition) is 5.